The minimum absolute atomic E-state index is 0.0161. The lowest BCUT2D eigenvalue weighted by Gasteiger charge is -2.34. The number of ether oxygens (including phenoxy) is 1. The third-order valence-electron chi connectivity index (χ3n) is 10.1. The van der Waals surface area contributed by atoms with Crippen LogP contribution in [0.4, 0.5) is 14.6 Å². The van der Waals surface area contributed by atoms with Gasteiger partial charge in [0.1, 0.15) is 28.6 Å². The summed E-state index contributed by atoms with van der Waals surface area (Å²) < 4.78 is 38.0. The molecule has 2 aromatic heterocycles. The van der Waals surface area contributed by atoms with E-state index in [2.05, 4.69) is 25.1 Å². The van der Waals surface area contributed by atoms with E-state index in [-0.39, 0.29) is 34.2 Å². The molecule has 4 aliphatic rings. The summed E-state index contributed by atoms with van der Waals surface area (Å²) in [7, 11) is 0. The molecule has 2 bridgehead atoms. The van der Waals surface area contributed by atoms with Gasteiger partial charge in [0.15, 0.2) is 5.82 Å². The zero-order valence-electron chi connectivity index (χ0n) is 25.1. The van der Waals surface area contributed by atoms with Crippen LogP contribution < -0.4 is 15.0 Å². The molecule has 2 N–H and O–H groups in total. The predicted octanol–water partition coefficient (Wildman–Crippen LogP) is 5.59. The highest BCUT2D eigenvalue weighted by Gasteiger charge is 2.45. The van der Waals surface area contributed by atoms with Gasteiger partial charge < -0.3 is 25.0 Å². The number of halogens is 2. The van der Waals surface area contributed by atoms with Crippen LogP contribution in [0, 0.1) is 17.0 Å². The first-order valence-corrected chi connectivity index (χ1v) is 16.1. The molecule has 8 nitrogen and oxygen atoms in total. The molecule has 10 heteroatoms. The molecule has 0 spiro atoms. The zero-order chi connectivity index (χ0) is 30.0. The van der Waals surface area contributed by atoms with Crippen molar-refractivity contribution >= 4 is 27.5 Å². The molecular weight excluding hydrogens is 562 g/mol. The first-order chi connectivity index (χ1) is 21.4. The number of aryl methyl sites for hydroxylation is 1. The highest BCUT2D eigenvalue weighted by molar-refractivity contribution is 6.01. The summed E-state index contributed by atoms with van der Waals surface area (Å²) in [5.74, 6) is -0.416. The lowest BCUT2D eigenvalue weighted by Crippen LogP contribution is -2.51. The lowest BCUT2D eigenvalue weighted by atomic mass is 9.94. The van der Waals surface area contributed by atoms with E-state index in [4.69, 9.17) is 9.72 Å². The van der Waals surface area contributed by atoms with E-state index in [0.29, 0.717) is 58.2 Å². The number of nitrogens with one attached hydrogen (secondary N) is 1. The normalized spacial score (nSPS) is 22.8. The van der Waals surface area contributed by atoms with Crippen molar-refractivity contribution in [2.24, 2.45) is 5.41 Å². The Hall–Kier alpha value is -3.63. The first-order valence-electron chi connectivity index (χ1n) is 16.1. The van der Waals surface area contributed by atoms with Gasteiger partial charge in [-0.3, -0.25) is 4.98 Å². The number of pyridine rings is 1. The maximum Gasteiger partial charge on any atom is 0.319 e. The second-order valence-corrected chi connectivity index (χ2v) is 13.3. The number of phenols is 1. The molecule has 1 saturated carbocycles. The Morgan fingerprint density at radius 3 is 2.57 bits per heavy atom. The van der Waals surface area contributed by atoms with Crippen LogP contribution in [0.1, 0.15) is 51.0 Å². The fraction of sp³-hybridized carbons (Fsp3) is 0.500. The molecule has 4 fully saturated rings. The van der Waals surface area contributed by atoms with E-state index < -0.39 is 5.82 Å². The Balaban J connectivity index is 1.23. The Morgan fingerprint density at radius 1 is 1.07 bits per heavy atom. The number of aromatic nitrogens is 3. The van der Waals surface area contributed by atoms with Gasteiger partial charge in [0, 0.05) is 48.9 Å². The van der Waals surface area contributed by atoms with Crippen molar-refractivity contribution in [1.29, 1.82) is 0 Å². The predicted molar refractivity (Wildman–Crippen MR) is 166 cm³/mol. The fourth-order valence-corrected chi connectivity index (χ4v) is 7.67. The van der Waals surface area contributed by atoms with Crippen LogP contribution in [0.5, 0.6) is 11.8 Å². The third-order valence-corrected chi connectivity index (χ3v) is 10.1. The van der Waals surface area contributed by atoms with Crippen molar-refractivity contribution in [3.8, 4) is 23.0 Å². The molecule has 3 aliphatic heterocycles. The van der Waals surface area contributed by atoms with Crippen LogP contribution in [0.15, 0.2) is 30.5 Å². The van der Waals surface area contributed by atoms with Crippen molar-refractivity contribution in [1.82, 2.24) is 25.2 Å². The van der Waals surface area contributed by atoms with Crippen LogP contribution >= 0.6 is 0 Å². The molecule has 2 aromatic carbocycles. The van der Waals surface area contributed by atoms with Crippen molar-refractivity contribution in [2.75, 3.05) is 44.2 Å². The van der Waals surface area contributed by atoms with Crippen molar-refractivity contribution in [2.45, 2.75) is 64.0 Å². The standard InChI is InChI=1S/C34H38F2N6O2/c1-2-24-27(35)8-5-20-13-23(43)14-25(28(20)24)30-29(36)31-26(15-37-30)32(42-16-21-6-7-22(17-42)38-21)40-33(39-31)44-19-34(9-10-34)18-41-11-3-4-12-41/h5,8,13-15,21-22,38,43H,2-4,6-7,9-12,16-19H2,1H3/t21-,22+. The highest BCUT2D eigenvalue weighted by atomic mass is 19.1. The van der Waals surface area contributed by atoms with Gasteiger partial charge in [-0.1, -0.05) is 13.0 Å². The van der Waals surface area contributed by atoms with Crippen LogP contribution in [-0.2, 0) is 6.42 Å². The Labute approximate surface area is 255 Å². The molecule has 1 aliphatic carbocycles. The van der Waals surface area contributed by atoms with Gasteiger partial charge in [0.25, 0.3) is 0 Å². The monoisotopic (exact) mass is 600 g/mol. The van der Waals surface area contributed by atoms with E-state index in [1.54, 1.807) is 18.3 Å². The van der Waals surface area contributed by atoms with Gasteiger partial charge in [-0.05, 0) is 92.6 Å². The Kier molecular flexibility index (Phi) is 6.82. The summed E-state index contributed by atoms with van der Waals surface area (Å²) in [6.45, 7) is 7.17. The number of benzene rings is 2. The van der Waals surface area contributed by atoms with Gasteiger partial charge >= 0.3 is 6.01 Å². The van der Waals surface area contributed by atoms with E-state index in [1.165, 1.54) is 25.0 Å². The Morgan fingerprint density at radius 2 is 1.84 bits per heavy atom. The third kappa shape index (κ3) is 4.92. The van der Waals surface area contributed by atoms with Gasteiger partial charge in [0.2, 0.25) is 0 Å². The van der Waals surface area contributed by atoms with Crippen LogP contribution in [0.25, 0.3) is 32.9 Å². The average Bonchev–Trinajstić information content (AvgIpc) is 3.42. The van der Waals surface area contributed by atoms with Gasteiger partial charge in [-0.25, -0.2) is 8.78 Å². The number of fused-ring (bicyclic) bond motifs is 4. The summed E-state index contributed by atoms with van der Waals surface area (Å²) in [6.07, 6.45) is 8.93. The maximum atomic E-state index is 16.8. The van der Waals surface area contributed by atoms with Crippen molar-refractivity contribution in [3.63, 3.8) is 0 Å². The molecule has 2 atom stereocenters. The number of aromatic hydroxyl groups is 1. The number of anilines is 1. The molecule has 0 radical (unpaired) electrons. The molecule has 230 valence electrons. The number of hydrogen-bond donors (Lipinski definition) is 2. The molecule has 0 unspecified atom stereocenters. The minimum Gasteiger partial charge on any atom is -0.508 e. The summed E-state index contributed by atoms with van der Waals surface area (Å²) in [4.78, 5) is 18.9. The number of piperazine rings is 1. The molecule has 44 heavy (non-hydrogen) atoms. The van der Waals surface area contributed by atoms with Crippen molar-refractivity contribution in [3.05, 3.63) is 47.7 Å². The molecular formula is C34H38F2N6O2. The van der Waals surface area contributed by atoms with E-state index in [1.807, 2.05) is 6.92 Å². The van der Waals surface area contributed by atoms with E-state index in [0.717, 1.165) is 58.4 Å². The Bertz CT molecular complexity index is 1740. The molecule has 3 saturated heterocycles. The number of hydrogen-bond acceptors (Lipinski definition) is 8. The number of likely N-dealkylation sites (tertiary alicyclic amines) is 1. The summed E-state index contributed by atoms with van der Waals surface area (Å²) in [5.41, 5.74) is 1.02. The topological polar surface area (TPSA) is 86.6 Å². The molecule has 0 amide bonds. The van der Waals surface area contributed by atoms with Crippen molar-refractivity contribution < 1.29 is 18.6 Å². The minimum atomic E-state index is -0.634. The zero-order valence-corrected chi connectivity index (χ0v) is 25.1. The van der Waals surface area contributed by atoms with Crippen LogP contribution in [0.3, 0.4) is 0 Å². The molecule has 4 aromatic rings. The largest absolute Gasteiger partial charge is 0.508 e. The van der Waals surface area contributed by atoms with Gasteiger partial charge in [-0.15, -0.1) is 0 Å². The second kappa shape index (κ2) is 10.8. The van der Waals surface area contributed by atoms with Crippen LogP contribution in [0.2, 0.25) is 0 Å². The van der Waals surface area contributed by atoms with E-state index >= 15 is 4.39 Å². The summed E-state index contributed by atoms with van der Waals surface area (Å²) >= 11 is 0. The van der Waals surface area contributed by atoms with E-state index in [9.17, 15) is 9.50 Å². The number of rotatable bonds is 8. The van der Waals surface area contributed by atoms with Gasteiger partial charge in [0.05, 0.1) is 12.0 Å². The SMILES string of the molecule is CCc1c(F)ccc2cc(O)cc(-c3ncc4c(N5C[C@H]6CC[C@@H](C5)N6)nc(OCC5(CN6CCCC6)CC5)nc4c3F)c12. The number of phenolic OH excluding ortho intramolecular Hbond substituents is 1. The summed E-state index contributed by atoms with van der Waals surface area (Å²) in [6, 6.07) is 6.90. The van der Waals surface area contributed by atoms with Crippen LogP contribution in [-0.4, -0.2) is 76.4 Å². The lowest BCUT2D eigenvalue weighted by molar-refractivity contribution is 0.170. The second-order valence-electron chi connectivity index (χ2n) is 13.3. The number of nitrogens with zero attached hydrogens (tertiary/aromatic N) is 5. The summed E-state index contributed by atoms with van der Waals surface area (Å²) in [5, 5.41) is 15.9. The average molecular weight is 601 g/mol. The highest BCUT2D eigenvalue weighted by Crippen LogP contribution is 2.47. The fourth-order valence-electron chi connectivity index (χ4n) is 7.67. The smallest absolute Gasteiger partial charge is 0.319 e. The molecule has 5 heterocycles. The maximum absolute atomic E-state index is 16.8. The quantitative estimate of drug-likeness (QED) is 0.271. The molecule has 8 rings (SSSR count). The first kappa shape index (κ1) is 27.9. The van der Waals surface area contributed by atoms with Gasteiger partial charge in [-0.2, -0.15) is 9.97 Å².